The van der Waals surface area contributed by atoms with E-state index in [1.165, 1.54) is 0 Å². The maximum atomic E-state index is 10.2. The summed E-state index contributed by atoms with van der Waals surface area (Å²) in [6.07, 6.45) is -4.49. The van der Waals surface area contributed by atoms with Gasteiger partial charge in [-0.3, -0.25) is 0 Å². The molecule has 5 aliphatic heterocycles. The Morgan fingerprint density at radius 1 is 0.950 bits per heavy atom. The molecule has 0 unspecified atom stereocenters. The first kappa shape index (κ1) is 12.2. The highest BCUT2D eigenvalue weighted by molar-refractivity contribution is 5.09. The van der Waals surface area contributed by atoms with Crippen LogP contribution in [0.5, 0.6) is 0 Å². The van der Waals surface area contributed by atoms with Gasteiger partial charge in [0.05, 0.1) is 13.2 Å². The molecule has 8 heteroatoms. The van der Waals surface area contributed by atoms with Crippen molar-refractivity contribution in [2.45, 2.75) is 54.8 Å². The van der Waals surface area contributed by atoms with Gasteiger partial charge in [0.15, 0.2) is 6.29 Å². The third-order valence-electron chi connectivity index (χ3n) is 4.78. The van der Waals surface area contributed by atoms with Crippen LogP contribution in [0.4, 0.5) is 0 Å². The fourth-order valence-electron chi connectivity index (χ4n) is 3.77. The maximum absolute atomic E-state index is 10.2. The fraction of sp³-hybridized carbons (Fsp3) is 1.00. The number of fused-ring (bicyclic) bond motifs is 2. The zero-order valence-electron chi connectivity index (χ0n) is 10.6. The molecule has 5 rings (SSSR count). The smallest absolute Gasteiger partial charge is 0.224 e. The standard InChI is InChI=1S/C12H16O8/c13-6-4-1-15-9(6)7(14)11(18-4)20-12-3-17-8-5(19-12)2-16-10(8)12/h4-11,13-14H,1-3H2/t4-,5-,6-,7-,8-,9+,10+,11-,12+/m1/s1. The van der Waals surface area contributed by atoms with Crippen LogP contribution in [-0.2, 0) is 28.4 Å². The predicted molar refractivity (Wildman–Crippen MR) is 58.6 cm³/mol. The van der Waals surface area contributed by atoms with Gasteiger partial charge in [-0.1, -0.05) is 0 Å². The Bertz CT molecular complexity index is 432. The van der Waals surface area contributed by atoms with Crippen molar-refractivity contribution in [3.8, 4) is 0 Å². The van der Waals surface area contributed by atoms with Gasteiger partial charge in [-0.2, -0.15) is 0 Å². The van der Waals surface area contributed by atoms with E-state index >= 15 is 0 Å². The molecule has 5 aliphatic rings. The molecule has 0 aromatic carbocycles. The first-order valence-electron chi connectivity index (χ1n) is 6.90. The maximum Gasteiger partial charge on any atom is 0.224 e. The van der Waals surface area contributed by atoms with E-state index in [1.54, 1.807) is 0 Å². The molecule has 2 N–H and O–H groups in total. The van der Waals surface area contributed by atoms with Crippen LogP contribution in [0.1, 0.15) is 0 Å². The third kappa shape index (κ3) is 1.38. The molecular weight excluding hydrogens is 272 g/mol. The van der Waals surface area contributed by atoms with Crippen LogP contribution in [0.2, 0.25) is 0 Å². The van der Waals surface area contributed by atoms with E-state index in [1.807, 2.05) is 0 Å². The zero-order chi connectivity index (χ0) is 13.5. The van der Waals surface area contributed by atoms with Crippen LogP contribution in [0, 0.1) is 0 Å². The van der Waals surface area contributed by atoms with Crippen molar-refractivity contribution in [1.82, 2.24) is 0 Å². The molecule has 5 heterocycles. The Morgan fingerprint density at radius 2 is 1.80 bits per heavy atom. The van der Waals surface area contributed by atoms with Gasteiger partial charge in [0.25, 0.3) is 0 Å². The molecule has 5 saturated heterocycles. The van der Waals surface area contributed by atoms with Gasteiger partial charge in [0.1, 0.15) is 49.3 Å². The lowest BCUT2D eigenvalue weighted by Gasteiger charge is -2.41. The summed E-state index contributed by atoms with van der Waals surface area (Å²) in [4.78, 5) is 0. The molecule has 0 amide bonds. The molecule has 0 radical (unpaired) electrons. The Hall–Kier alpha value is -0.320. The number of hydrogen-bond donors (Lipinski definition) is 2. The predicted octanol–water partition coefficient (Wildman–Crippen LogP) is -2.26. The number of hydrogen-bond acceptors (Lipinski definition) is 8. The Kier molecular flexibility index (Phi) is 2.39. The first-order chi connectivity index (χ1) is 9.68. The fourth-order valence-corrected chi connectivity index (χ4v) is 3.77. The van der Waals surface area contributed by atoms with Crippen molar-refractivity contribution >= 4 is 0 Å². The molecule has 8 nitrogen and oxygen atoms in total. The monoisotopic (exact) mass is 288 g/mol. The van der Waals surface area contributed by atoms with Crippen molar-refractivity contribution < 1.29 is 38.6 Å². The van der Waals surface area contributed by atoms with E-state index in [4.69, 9.17) is 28.4 Å². The number of aliphatic hydroxyl groups excluding tert-OH is 2. The summed E-state index contributed by atoms with van der Waals surface area (Å²) in [5.74, 6) is -1.01. The Morgan fingerprint density at radius 3 is 2.60 bits per heavy atom. The highest BCUT2D eigenvalue weighted by Crippen LogP contribution is 2.48. The molecule has 0 saturated carbocycles. The highest BCUT2D eigenvalue weighted by Gasteiger charge is 2.69. The van der Waals surface area contributed by atoms with Crippen molar-refractivity contribution in [3.05, 3.63) is 0 Å². The van der Waals surface area contributed by atoms with E-state index < -0.39 is 36.5 Å². The average Bonchev–Trinajstić information content (AvgIpc) is 3.13. The zero-order valence-corrected chi connectivity index (χ0v) is 10.6. The first-order valence-corrected chi connectivity index (χ1v) is 6.90. The summed E-state index contributed by atoms with van der Waals surface area (Å²) < 4.78 is 33.9. The summed E-state index contributed by atoms with van der Waals surface area (Å²) in [6.45, 7) is 1.00. The summed E-state index contributed by atoms with van der Waals surface area (Å²) in [5.41, 5.74) is 0. The van der Waals surface area contributed by atoms with Gasteiger partial charge in [-0.25, -0.2) is 0 Å². The second kappa shape index (κ2) is 3.90. The van der Waals surface area contributed by atoms with Gasteiger partial charge in [0, 0.05) is 0 Å². The quantitative estimate of drug-likeness (QED) is 0.588. The van der Waals surface area contributed by atoms with Crippen LogP contribution in [0.15, 0.2) is 0 Å². The Balaban J connectivity index is 1.38. The van der Waals surface area contributed by atoms with Crippen LogP contribution in [-0.4, -0.2) is 84.8 Å². The van der Waals surface area contributed by atoms with Gasteiger partial charge < -0.3 is 38.6 Å². The molecule has 5 fully saturated rings. The van der Waals surface area contributed by atoms with Gasteiger partial charge in [0.2, 0.25) is 5.79 Å². The average molecular weight is 288 g/mol. The second-order valence-electron chi connectivity index (χ2n) is 5.94. The topological polar surface area (TPSA) is 95.8 Å². The van der Waals surface area contributed by atoms with Crippen molar-refractivity contribution in [1.29, 1.82) is 0 Å². The molecule has 6 bridgehead atoms. The van der Waals surface area contributed by atoms with Crippen molar-refractivity contribution in [2.24, 2.45) is 0 Å². The minimum absolute atomic E-state index is 0.103. The minimum Gasteiger partial charge on any atom is -0.387 e. The molecule has 0 aliphatic carbocycles. The van der Waals surface area contributed by atoms with Crippen molar-refractivity contribution in [3.63, 3.8) is 0 Å². The van der Waals surface area contributed by atoms with Gasteiger partial charge >= 0.3 is 0 Å². The van der Waals surface area contributed by atoms with Crippen LogP contribution >= 0.6 is 0 Å². The van der Waals surface area contributed by atoms with Crippen LogP contribution < -0.4 is 0 Å². The largest absolute Gasteiger partial charge is 0.387 e. The number of aliphatic hydroxyl groups is 2. The molecule has 9 atom stereocenters. The van der Waals surface area contributed by atoms with Crippen molar-refractivity contribution in [2.75, 3.05) is 19.8 Å². The van der Waals surface area contributed by atoms with E-state index in [0.717, 1.165) is 0 Å². The van der Waals surface area contributed by atoms with Crippen LogP contribution in [0.25, 0.3) is 0 Å². The number of ether oxygens (including phenoxy) is 6. The third-order valence-corrected chi connectivity index (χ3v) is 4.78. The number of rotatable bonds is 2. The van der Waals surface area contributed by atoms with E-state index in [9.17, 15) is 10.2 Å². The normalized spacial score (nSPS) is 63.3. The van der Waals surface area contributed by atoms with Crippen LogP contribution in [0.3, 0.4) is 0 Å². The molecule has 20 heavy (non-hydrogen) atoms. The molecule has 0 aromatic heterocycles. The minimum atomic E-state index is -1.07. The van der Waals surface area contributed by atoms with Gasteiger partial charge in [-0.05, 0) is 0 Å². The summed E-state index contributed by atoms with van der Waals surface area (Å²) in [5, 5.41) is 20.1. The van der Waals surface area contributed by atoms with E-state index in [-0.39, 0.29) is 31.5 Å². The molecule has 0 aromatic rings. The van der Waals surface area contributed by atoms with E-state index in [0.29, 0.717) is 6.61 Å². The molecule has 0 spiro atoms. The molecule has 112 valence electrons. The van der Waals surface area contributed by atoms with E-state index in [2.05, 4.69) is 0 Å². The lowest BCUT2D eigenvalue weighted by molar-refractivity contribution is -0.383. The molecular formula is C12H16O8. The highest BCUT2D eigenvalue weighted by atomic mass is 16.8. The summed E-state index contributed by atoms with van der Waals surface area (Å²) in [7, 11) is 0. The second-order valence-corrected chi connectivity index (χ2v) is 5.94. The van der Waals surface area contributed by atoms with Gasteiger partial charge in [-0.15, -0.1) is 0 Å². The summed E-state index contributed by atoms with van der Waals surface area (Å²) in [6, 6.07) is 0. The summed E-state index contributed by atoms with van der Waals surface area (Å²) >= 11 is 0. The lowest BCUT2D eigenvalue weighted by Crippen LogP contribution is -2.59. The lowest BCUT2D eigenvalue weighted by atomic mass is 10.0. The SMILES string of the molecule is O[C@H]1[C@@H](O[C@@]23CO[C@@H]4[C@@H](CO[C@@H]42)O3)O[C@@H]2CO[C@H]1[C@@H]2O. The Labute approximate surface area is 114 Å².